The Labute approximate surface area is 194 Å². The van der Waals surface area contributed by atoms with Crippen LogP contribution < -0.4 is 10.2 Å². The van der Waals surface area contributed by atoms with Gasteiger partial charge in [0.25, 0.3) is 5.91 Å². The molecule has 0 bridgehead atoms. The molecule has 2 heterocycles. The first kappa shape index (κ1) is 24.8. The normalized spacial score (nSPS) is 16.5. The molecule has 4 rings (SSSR count). The Kier molecular flexibility index (Phi) is 8.18. The van der Waals surface area contributed by atoms with Crippen LogP contribution in [0.4, 0.5) is 19.0 Å². The number of hydrogen-bond acceptors (Lipinski definition) is 4. The van der Waals surface area contributed by atoms with E-state index in [4.69, 9.17) is 21.5 Å². The second-order valence-corrected chi connectivity index (χ2v) is 8.61. The average molecular weight is 484 g/mol. The molecule has 0 atom stereocenters. The Morgan fingerprint density at radius 2 is 1.73 bits per heavy atom. The predicted molar refractivity (Wildman–Crippen MR) is 119 cm³/mol. The number of carbonyl (C=O) groups excluding carboxylic acids is 1. The third kappa shape index (κ3) is 7.63. The number of piperidine rings is 1. The number of amides is 1. The van der Waals surface area contributed by atoms with Crippen molar-refractivity contribution in [1.82, 2.24) is 10.3 Å². The number of carbonyl (C=O) groups is 2. The van der Waals surface area contributed by atoms with Crippen LogP contribution >= 0.6 is 11.6 Å². The summed E-state index contributed by atoms with van der Waals surface area (Å²) >= 11 is 6.44. The average Bonchev–Trinajstić information content (AvgIpc) is 3.59. The Morgan fingerprint density at radius 3 is 2.24 bits per heavy atom. The number of hydrogen-bond donors (Lipinski definition) is 2. The lowest BCUT2D eigenvalue weighted by molar-refractivity contribution is -0.192. The molecule has 1 aromatic carbocycles. The maximum absolute atomic E-state index is 12.1. The molecule has 0 spiro atoms. The summed E-state index contributed by atoms with van der Waals surface area (Å²) in [5.74, 6) is -1.33. The Morgan fingerprint density at radius 1 is 1.12 bits per heavy atom. The third-order valence-corrected chi connectivity index (χ3v) is 5.80. The van der Waals surface area contributed by atoms with E-state index in [1.54, 1.807) is 12.3 Å². The summed E-state index contributed by atoms with van der Waals surface area (Å²) < 4.78 is 31.7. The number of carboxylic acids is 1. The SMILES string of the molecule is O=C(NC1CC1)c1cnc(N2CCC(Cc3ccccc3)CC2)c(Cl)c1.O=C(O)C(F)(F)F. The molecule has 2 fully saturated rings. The van der Waals surface area contributed by atoms with Crippen molar-refractivity contribution >= 4 is 29.3 Å². The topological polar surface area (TPSA) is 82.5 Å². The van der Waals surface area contributed by atoms with Crippen LogP contribution in [0.15, 0.2) is 42.6 Å². The van der Waals surface area contributed by atoms with Crippen molar-refractivity contribution in [2.24, 2.45) is 5.92 Å². The number of carboxylic acid groups (broad SMARTS) is 1. The molecule has 10 heteroatoms. The number of nitrogens with one attached hydrogen (secondary N) is 1. The molecule has 1 amide bonds. The molecule has 1 aliphatic carbocycles. The molecule has 2 N–H and O–H groups in total. The van der Waals surface area contributed by atoms with Gasteiger partial charge >= 0.3 is 12.1 Å². The lowest BCUT2D eigenvalue weighted by atomic mass is 9.90. The summed E-state index contributed by atoms with van der Waals surface area (Å²) in [6.07, 6.45) is 2.12. The van der Waals surface area contributed by atoms with Gasteiger partial charge in [-0.3, -0.25) is 4.79 Å². The van der Waals surface area contributed by atoms with E-state index in [0.29, 0.717) is 22.5 Å². The summed E-state index contributed by atoms with van der Waals surface area (Å²) in [4.78, 5) is 27.8. The molecule has 6 nitrogen and oxygen atoms in total. The second kappa shape index (κ2) is 10.9. The lowest BCUT2D eigenvalue weighted by Gasteiger charge is -2.33. The van der Waals surface area contributed by atoms with Crippen molar-refractivity contribution < 1.29 is 27.9 Å². The van der Waals surface area contributed by atoms with Crippen LogP contribution in [0.1, 0.15) is 41.6 Å². The number of benzene rings is 1. The van der Waals surface area contributed by atoms with E-state index in [-0.39, 0.29) is 5.91 Å². The van der Waals surface area contributed by atoms with Gasteiger partial charge in [0.05, 0.1) is 10.6 Å². The Balaban J connectivity index is 0.000000383. The fraction of sp³-hybridized carbons (Fsp3) is 0.435. The van der Waals surface area contributed by atoms with Crippen molar-refractivity contribution in [3.8, 4) is 0 Å². The quantitative estimate of drug-likeness (QED) is 0.643. The zero-order chi connectivity index (χ0) is 24.0. The fourth-order valence-corrected chi connectivity index (χ4v) is 3.87. The number of nitrogens with zero attached hydrogens (tertiary/aromatic N) is 2. The largest absolute Gasteiger partial charge is 0.490 e. The number of rotatable bonds is 5. The van der Waals surface area contributed by atoms with Crippen molar-refractivity contribution in [3.63, 3.8) is 0 Å². The number of alkyl halides is 3. The van der Waals surface area contributed by atoms with Crippen molar-refractivity contribution in [1.29, 1.82) is 0 Å². The highest BCUT2D eigenvalue weighted by atomic mass is 35.5. The number of halogens is 4. The van der Waals surface area contributed by atoms with Crippen LogP contribution in [-0.4, -0.2) is 47.3 Å². The first-order valence-electron chi connectivity index (χ1n) is 10.7. The van der Waals surface area contributed by atoms with Gasteiger partial charge in [0.2, 0.25) is 0 Å². The van der Waals surface area contributed by atoms with Crippen LogP contribution in [-0.2, 0) is 11.2 Å². The van der Waals surface area contributed by atoms with E-state index in [1.807, 2.05) is 0 Å². The van der Waals surface area contributed by atoms with E-state index in [2.05, 4.69) is 45.5 Å². The molecule has 178 valence electrons. The zero-order valence-electron chi connectivity index (χ0n) is 17.8. The summed E-state index contributed by atoms with van der Waals surface area (Å²) in [7, 11) is 0. The van der Waals surface area contributed by atoms with Crippen LogP contribution in [0.25, 0.3) is 0 Å². The Hall–Kier alpha value is -2.81. The molecule has 1 saturated carbocycles. The zero-order valence-corrected chi connectivity index (χ0v) is 18.6. The van der Waals surface area contributed by atoms with Crippen molar-refractivity contribution in [2.75, 3.05) is 18.0 Å². The minimum atomic E-state index is -5.08. The lowest BCUT2D eigenvalue weighted by Crippen LogP contribution is -2.35. The minimum absolute atomic E-state index is 0.0741. The first-order valence-corrected chi connectivity index (χ1v) is 11.1. The summed E-state index contributed by atoms with van der Waals surface area (Å²) in [6, 6.07) is 12.8. The predicted octanol–water partition coefficient (Wildman–Crippen LogP) is 4.72. The summed E-state index contributed by atoms with van der Waals surface area (Å²) in [5.41, 5.74) is 1.96. The molecule has 33 heavy (non-hydrogen) atoms. The summed E-state index contributed by atoms with van der Waals surface area (Å²) in [6.45, 7) is 1.91. The number of aliphatic carboxylic acids is 1. The van der Waals surface area contributed by atoms with E-state index in [9.17, 15) is 18.0 Å². The van der Waals surface area contributed by atoms with E-state index in [0.717, 1.165) is 51.0 Å². The number of anilines is 1. The molecule has 1 aliphatic heterocycles. The van der Waals surface area contributed by atoms with Gasteiger partial charge in [-0.15, -0.1) is 0 Å². The molecular weight excluding hydrogens is 459 g/mol. The highest BCUT2D eigenvalue weighted by Gasteiger charge is 2.38. The van der Waals surface area contributed by atoms with E-state index < -0.39 is 12.1 Å². The van der Waals surface area contributed by atoms with Gasteiger partial charge in [-0.05, 0) is 49.7 Å². The van der Waals surface area contributed by atoms with Gasteiger partial charge in [0.15, 0.2) is 0 Å². The molecule has 2 aromatic rings. The third-order valence-electron chi connectivity index (χ3n) is 5.52. The maximum Gasteiger partial charge on any atom is 0.490 e. The van der Waals surface area contributed by atoms with Gasteiger partial charge in [-0.2, -0.15) is 13.2 Å². The van der Waals surface area contributed by atoms with Gasteiger partial charge < -0.3 is 15.3 Å². The van der Waals surface area contributed by atoms with Crippen molar-refractivity contribution in [3.05, 3.63) is 58.7 Å². The maximum atomic E-state index is 12.1. The summed E-state index contributed by atoms with van der Waals surface area (Å²) in [5, 5.41) is 10.7. The highest BCUT2D eigenvalue weighted by Crippen LogP contribution is 2.30. The molecular formula is C23H25ClF3N3O3. The number of aromatic nitrogens is 1. The van der Waals surface area contributed by atoms with Crippen LogP contribution in [0.3, 0.4) is 0 Å². The first-order chi connectivity index (χ1) is 15.6. The van der Waals surface area contributed by atoms with E-state index in [1.165, 1.54) is 5.56 Å². The van der Waals surface area contributed by atoms with Crippen LogP contribution in [0.2, 0.25) is 5.02 Å². The monoisotopic (exact) mass is 483 g/mol. The van der Waals surface area contributed by atoms with Gasteiger partial charge in [-0.25, -0.2) is 9.78 Å². The van der Waals surface area contributed by atoms with Gasteiger partial charge in [0.1, 0.15) is 5.82 Å². The standard InChI is InChI=1S/C21H24ClN3O.C2HF3O2/c22-19-13-17(21(26)24-18-6-7-18)14-23-20(19)25-10-8-16(9-11-25)12-15-4-2-1-3-5-15;3-2(4,5)1(6)7/h1-5,13-14,16,18H,6-12H2,(H,24,26);(H,6,7). The van der Waals surface area contributed by atoms with Gasteiger partial charge in [-0.1, -0.05) is 41.9 Å². The highest BCUT2D eigenvalue weighted by molar-refractivity contribution is 6.33. The van der Waals surface area contributed by atoms with Crippen molar-refractivity contribution in [2.45, 2.75) is 44.3 Å². The Bertz CT molecular complexity index is 960. The van der Waals surface area contributed by atoms with E-state index >= 15 is 0 Å². The minimum Gasteiger partial charge on any atom is -0.475 e. The smallest absolute Gasteiger partial charge is 0.475 e. The van der Waals surface area contributed by atoms with Crippen LogP contribution in [0, 0.1) is 5.92 Å². The number of pyridine rings is 1. The molecule has 0 radical (unpaired) electrons. The molecule has 1 aromatic heterocycles. The van der Waals surface area contributed by atoms with Gasteiger partial charge in [0, 0.05) is 25.3 Å². The molecule has 1 saturated heterocycles. The van der Waals surface area contributed by atoms with Crippen LogP contribution in [0.5, 0.6) is 0 Å². The molecule has 0 unspecified atom stereocenters. The molecule has 2 aliphatic rings. The second-order valence-electron chi connectivity index (χ2n) is 8.20. The fourth-order valence-electron chi connectivity index (χ4n) is 3.58.